The maximum absolute atomic E-state index is 8.68. The van der Waals surface area contributed by atoms with Gasteiger partial charge < -0.3 is 14.3 Å². The fraction of sp³-hybridized carbons (Fsp3) is 0.333. The first-order valence-electron chi connectivity index (χ1n) is 3.96. The van der Waals surface area contributed by atoms with Crippen LogP contribution in [0.5, 0.6) is 0 Å². The Hall–Kier alpha value is -0.630. The molecular formula is C9H13O3P. The fourth-order valence-corrected chi connectivity index (χ4v) is 1.52. The second-order valence-corrected chi connectivity index (χ2v) is 3.71. The summed E-state index contributed by atoms with van der Waals surface area (Å²) in [4.78, 5) is 17.4. The first-order valence-corrected chi connectivity index (χ1v) is 5.12. The smallest absolute Gasteiger partial charge is 0.391 e. The molecule has 0 aliphatic heterocycles. The van der Waals surface area contributed by atoms with Crippen molar-refractivity contribution in [3.8, 4) is 0 Å². The van der Waals surface area contributed by atoms with Gasteiger partial charge in [0, 0.05) is 5.92 Å². The third kappa shape index (κ3) is 2.41. The van der Waals surface area contributed by atoms with Crippen molar-refractivity contribution >= 4 is 8.60 Å². The average Bonchev–Trinajstić information content (AvgIpc) is 2.06. The van der Waals surface area contributed by atoms with E-state index in [9.17, 15) is 0 Å². The highest BCUT2D eigenvalue weighted by atomic mass is 31.2. The Balaban J connectivity index is 2.85. The number of allylic oxidation sites excluding steroid dienone is 4. The summed E-state index contributed by atoms with van der Waals surface area (Å²) >= 11 is 0. The number of rotatable bonds is 2. The molecule has 0 aromatic heterocycles. The molecule has 0 heterocycles. The molecule has 0 bridgehead atoms. The summed E-state index contributed by atoms with van der Waals surface area (Å²) in [5.74, 6) is 0.742. The monoisotopic (exact) mass is 200 g/mol. The highest BCUT2D eigenvalue weighted by Gasteiger charge is 2.17. The molecule has 3 nitrogen and oxygen atoms in total. The summed E-state index contributed by atoms with van der Waals surface area (Å²) in [6, 6.07) is 0. The summed E-state index contributed by atoms with van der Waals surface area (Å²) in [6.45, 7) is 7.76. The lowest BCUT2D eigenvalue weighted by Crippen LogP contribution is -2.06. The van der Waals surface area contributed by atoms with Gasteiger partial charge in [-0.1, -0.05) is 19.6 Å². The molecule has 13 heavy (non-hydrogen) atoms. The molecule has 2 N–H and O–H groups in total. The van der Waals surface area contributed by atoms with E-state index in [2.05, 4.69) is 6.58 Å². The highest BCUT2D eigenvalue weighted by molar-refractivity contribution is 7.39. The molecule has 0 saturated heterocycles. The Morgan fingerprint density at radius 2 is 2.08 bits per heavy atom. The van der Waals surface area contributed by atoms with Crippen LogP contribution < -0.4 is 0 Å². The minimum atomic E-state index is -2.32. The molecule has 0 radical (unpaired) electrons. The second kappa shape index (κ2) is 4.05. The molecule has 4 heteroatoms. The highest BCUT2D eigenvalue weighted by Crippen LogP contribution is 2.36. The van der Waals surface area contributed by atoms with Gasteiger partial charge >= 0.3 is 8.60 Å². The molecule has 1 unspecified atom stereocenters. The zero-order chi connectivity index (χ0) is 10.0. The minimum Gasteiger partial charge on any atom is -0.427 e. The second-order valence-electron chi connectivity index (χ2n) is 3.02. The lowest BCUT2D eigenvalue weighted by molar-refractivity contribution is 0.321. The Bertz CT molecular complexity index is 279. The van der Waals surface area contributed by atoms with Crippen molar-refractivity contribution in [1.82, 2.24) is 0 Å². The zero-order valence-corrected chi connectivity index (χ0v) is 8.58. The quantitative estimate of drug-likeness (QED) is 0.672. The Morgan fingerprint density at radius 3 is 2.62 bits per heavy atom. The van der Waals surface area contributed by atoms with Crippen LogP contribution in [0.1, 0.15) is 13.8 Å². The van der Waals surface area contributed by atoms with Crippen molar-refractivity contribution in [2.24, 2.45) is 5.92 Å². The van der Waals surface area contributed by atoms with Crippen LogP contribution in [0.2, 0.25) is 0 Å². The molecule has 1 atom stereocenters. The largest absolute Gasteiger partial charge is 0.427 e. The molecule has 0 fully saturated rings. The van der Waals surface area contributed by atoms with E-state index in [1.54, 1.807) is 6.08 Å². The van der Waals surface area contributed by atoms with Crippen molar-refractivity contribution in [2.75, 3.05) is 0 Å². The van der Waals surface area contributed by atoms with Crippen LogP contribution >= 0.6 is 8.60 Å². The number of hydrogen-bond acceptors (Lipinski definition) is 3. The average molecular weight is 200 g/mol. The molecule has 0 aromatic rings. The standard InChI is InChI=1S/C9H13O3P/c1-6-4-5-9(12-13(10)11)8(3)7(6)2/h4-5,7,10-11H,1H2,2-3H3. The van der Waals surface area contributed by atoms with Crippen LogP contribution in [0, 0.1) is 5.92 Å². The number of hydrogen-bond donors (Lipinski definition) is 2. The molecule has 72 valence electrons. The molecule has 1 aliphatic rings. The van der Waals surface area contributed by atoms with E-state index in [-0.39, 0.29) is 5.92 Å². The van der Waals surface area contributed by atoms with Crippen LogP contribution in [0.25, 0.3) is 0 Å². The van der Waals surface area contributed by atoms with E-state index in [4.69, 9.17) is 14.3 Å². The van der Waals surface area contributed by atoms with E-state index < -0.39 is 8.60 Å². The van der Waals surface area contributed by atoms with Crippen LogP contribution in [-0.2, 0) is 4.52 Å². The maximum atomic E-state index is 8.68. The van der Waals surface area contributed by atoms with Crippen LogP contribution in [0.3, 0.4) is 0 Å². The van der Waals surface area contributed by atoms with E-state index in [1.165, 1.54) is 0 Å². The third-order valence-electron chi connectivity index (χ3n) is 2.22. The van der Waals surface area contributed by atoms with Gasteiger partial charge in [-0.2, -0.15) is 0 Å². The van der Waals surface area contributed by atoms with Crippen molar-refractivity contribution in [1.29, 1.82) is 0 Å². The summed E-state index contributed by atoms with van der Waals surface area (Å²) in [5.41, 5.74) is 1.98. The van der Waals surface area contributed by atoms with Crippen LogP contribution in [-0.4, -0.2) is 9.79 Å². The molecule has 0 amide bonds. The molecule has 0 spiro atoms. The SMILES string of the molecule is C=C1C=CC(OP(O)O)=C(C)C1C. The normalized spacial score (nSPS) is 22.8. The lowest BCUT2D eigenvalue weighted by Gasteiger charge is -2.20. The molecule has 0 saturated carbocycles. The Labute approximate surface area is 79.0 Å². The van der Waals surface area contributed by atoms with Gasteiger partial charge in [-0.3, -0.25) is 0 Å². The van der Waals surface area contributed by atoms with Crippen molar-refractivity contribution in [2.45, 2.75) is 13.8 Å². The first-order chi connectivity index (χ1) is 6.02. The van der Waals surface area contributed by atoms with Gasteiger partial charge in [-0.25, -0.2) is 0 Å². The van der Waals surface area contributed by atoms with Gasteiger partial charge in [-0.05, 0) is 24.1 Å². The first kappa shape index (κ1) is 10.5. The van der Waals surface area contributed by atoms with E-state index in [0.29, 0.717) is 5.76 Å². The van der Waals surface area contributed by atoms with Gasteiger partial charge in [0.15, 0.2) is 0 Å². The Kier molecular flexibility index (Phi) is 3.26. The summed E-state index contributed by atoms with van der Waals surface area (Å²) in [7, 11) is -2.32. The summed E-state index contributed by atoms with van der Waals surface area (Å²) in [5, 5.41) is 0. The topological polar surface area (TPSA) is 49.7 Å². The molecular weight excluding hydrogens is 187 g/mol. The molecule has 1 rings (SSSR count). The lowest BCUT2D eigenvalue weighted by atomic mass is 9.90. The molecule has 0 aromatic carbocycles. The predicted molar refractivity (Wildman–Crippen MR) is 52.6 cm³/mol. The van der Waals surface area contributed by atoms with Crippen LogP contribution in [0.15, 0.2) is 35.6 Å². The fourth-order valence-electron chi connectivity index (χ4n) is 1.14. The third-order valence-corrected chi connectivity index (χ3v) is 2.58. The van der Waals surface area contributed by atoms with Crippen molar-refractivity contribution in [3.05, 3.63) is 35.6 Å². The summed E-state index contributed by atoms with van der Waals surface area (Å²) < 4.78 is 4.85. The maximum Gasteiger partial charge on any atom is 0.391 e. The van der Waals surface area contributed by atoms with E-state index in [0.717, 1.165) is 11.1 Å². The van der Waals surface area contributed by atoms with E-state index >= 15 is 0 Å². The van der Waals surface area contributed by atoms with Gasteiger partial charge in [0.25, 0.3) is 0 Å². The van der Waals surface area contributed by atoms with Crippen molar-refractivity contribution < 1.29 is 14.3 Å². The summed E-state index contributed by atoms with van der Waals surface area (Å²) in [6.07, 6.45) is 3.53. The van der Waals surface area contributed by atoms with Gasteiger partial charge in [0.05, 0.1) is 0 Å². The zero-order valence-electron chi connectivity index (χ0n) is 7.69. The van der Waals surface area contributed by atoms with Crippen LogP contribution in [0.4, 0.5) is 0 Å². The van der Waals surface area contributed by atoms with Gasteiger partial charge in [0.2, 0.25) is 0 Å². The van der Waals surface area contributed by atoms with Crippen molar-refractivity contribution in [3.63, 3.8) is 0 Å². The Morgan fingerprint density at radius 1 is 1.46 bits per heavy atom. The predicted octanol–water partition coefficient (Wildman–Crippen LogP) is 2.25. The van der Waals surface area contributed by atoms with Gasteiger partial charge in [-0.15, -0.1) is 0 Å². The molecule has 1 aliphatic carbocycles. The minimum absolute atomic E-state index is 0.204. The van der Waals surface area contributed by atoms with Gasteiger partial charge in [0.1, 0.15) is 5.76 Å². The van der Waals surface area contributed by atoms with E-state index in [1.807, 2.05) is 19.9 Å².